The minimum absolute atomic E-state index is 0.0933. The van der Waals surface area contributed by atoms with Gasteiger partial charge in [0.25, 0.3) is 5.56 Å². The number of aromatic nitrogens is 4. The third-order valence-electron chi connectivity index (χ3n) is 4.56. The minimum atomic E-state index is -0.0933. The lowest BCUT2D eigenvalue weighted by Gasteiger charge is -2.10. The van der Waals surface area contributed by atoms with E-state index in [1.54, 1.807) is 18.9 Å². The molecule has 29 heavy (non-hydrogen) atoms. The van der Waals surface area contributed by atoms with Gasteiger partial charge in [-0.25, -0.2) is 9.97 Å². The van der Waals surface area contributed by atoms with Gasteiger partial charge in [0.05, 0.1) is 29.4 Å². The van der Waals surface area contributed by atoms with E-state index >= 15 is 0 Å². The van der Waals surface area contributed by atoms with Gasteiger partial charge in [-0.2, -0.15) is 0 Å². The van der Waals surface area contributed by atoms with Crippen LogP contribution in [0.4, 0.5) is 0 Å². The molecule has 3 aromatic heterocycles. The zero-order valence-electron chi connectivity index (χ0n) is 15.5. The van der Waals surface area contributed by atoms with Crippen molar-refractivity contribution in [2.24, 2.45) is 0 Å². The Morgan fingerprint density at radius 3 is 2.72 bits per heavy atom. The quantitative estimate of drug-likeness (QED) is 0.420. The molecule has 3 heterocycles. The Kier molecular flexibility index (Phi) is 4.57. The molecule has 0 amide bonds. The molecule has 0 saturated carbocycles. The standard InChI is InChI=1S/C21H16N4O2S2/c1-27-14-8-6-13(7-9-14)25-17-5-3-2-4-15(17)23-21(25)29-12-18-22-16-10-11-28-19(16)20(26)24-18/h2-11H,12H2,1H3,(H,22,24,26). The number of hydrogen-bond donors (Lipinski definition) is 1. The molecule has 1 N–H and O–H groups in total. The second kappa shape index (κ2) is 7.38. The van der Waals surface area contributed by atoms with Gasteiger partial charge in [0.15, 0.2) is 5.16 Å². The number of rotatable bonds is 5. The van der Waals surface area contributed by atoms with Crippen LogP contribution in [0.15, 0.2) is 69.9 Å². The Bertz CT molecular complexity index is 1370. The first kappa shape index (κ1) is 18.0. The van der Waals surface area contributed by atoms with Gasteiger partial charge >= 0.3 is 0 Å². The molecule has 0 fully saturated rings. The van der Waals surface area contributed by atoms with Crippen LogP contribution in [0, 0.1) is 0 Å². The summed E-state index contributed by atoms with van der Waals surface area (Å²) in [5, 5.41) is 2.72. The first-order valence-electron chi connectivity index (χ1n) is 8.94. The Hall–Kier alpha value is -3.10. The monoisotopic (exact) mass is 420 g/mol. The lowest BCUT2D eigenvalue weighted by Crippen LogP contribution is -2.09. The van der Waals surface area contributed by atoms with Crippen molar-refractivity contribution >= 4 is 44.3 Å². The second-order valence-electron chi connectivity index (χ2n) is 6.35. The van der Waals surface area contributed by atoms with Gasteiger partial charge in [0, 0.05) is 5.69 Å². The number of benzene rings is 2. The predicted octanol–water partition coefficient (Wildman–Crippen LogP) is 4.62. The smallest absolute Gasteiger partial charge is 0.268 e. The first-order chi connectivity index (χ1) is 14.2. The molecule has 0 unspecified atom stereocenters. The number of imidazole rings is 1. The summed E-state index contributed by atoms with van der Waals surface area (Å²) in [6, 6.07) is 17.8. The fourth-order valence-corrected chi connectivity index (χ4v) is 4.83. The van der Waals surface area contributed by atoms with Crippen LogP contribution >= 0.6 is 23.1 Å². The molecule has 0 saturated heterocycles. The highest BCUT2D eigenvalue weighted by atomic mass is 32.2. The number of thiophene rings is 1. The van der Waals surface area contributed by atoms with Gasteiger partial charge in [-0.15, -0.1) is 11.3 Å². The molecule has 0 radical (unpaired) electrons. The van der Waals surface area contributed by atoms with Crippen LogP contribution < -0.4 is 10.3 Å². The van der Waals surface area contributed by atoms with Crippen LogP contribution in [0.25, 0.3) is 26.9 Å². The molecular weight excluding hydrogens is 404 g/mol. The molecule has 0 spiro atoms. The van der Waals surface area contributed by atoms with Crippen LogP contribution in [0.1, 0.15) is 5.82 Å². The van der Waals surface area contributed by atoms with Gasteiger partial charge in [-0.3, -0.25) is 9.36 Å². The lowest BCUT2D eigenvalue weighted by molar-refractivity contribution is 0.414. The third-order valence-corrected chi connectivity index (χ3v) is 6.41. The lowest BCUT2D eigenvalue weighted by atomic mass is 10.2. The highest BCUT2D eigenvalue weighted by molar-refractivity contribution is 7.98. The zero-order valence-corrected chi connectivity index (χ0v) is 17.1. The first-order valence-corrected chi connectivity index (χ1v) is 10.8. The molecule has 0 atom stereocenters. The van der Waals surface area contributed by atoms with Crippen molar-refractivity contribution in [1.29, 1.82) is 0 Å². The Balaban J connectivity index is 1.54. The maximum absolute atomic E-state index is 12.2. The number of thioether (sulfide) groups is 1. The summed E-state index contributed by atoms with van der Waals surface area (Å²) < 4.78 is 8.05. The van der Waals surface area contributed by atoms with Gasteiger partial charge in [-0.05, 0) is 47.8 Å². The Morgan fingerprint density at radius 1 is 1.07 bits per heavy atom. The summed E-state index contributed by atoms with van der Waals surface area (Å²) in [6.45, 7) is 0. The summed E-state index contributed by atoms with van der Waals surface area (Å²) in [7, 11) is 1.65. The Labute approximate surface area is 174 Å². The fraction of sp³-hybridized carbons (Fsp3) is 0.0952. The van der Waals surface area contributed by atoms with Crippen molar-refractivity contribution < 1.29 is 4.74 Å². The summed E-state index contributed by atoms with van der Waals surface area (Å²) in [6.07, 6.45) is 0. The summed E-state index contributed by atoms with van der Waals surface area (Å²) in [5.41, 5.74) is 3.58. The SMILES string of the molecule is COc1ccc(-n2c(SCc3nc4ccsc4c(=O)[nH]3)nc3ccccc32)cc1. The van der Waals surface area contributed by atoms with Crippen molar-refractivity contribution in [3.8, 4) is 11.4 Å². The molecule has 0 aliphatic heterocycles. The van der Waals surface area contributed by atoms with Crippen molar-refractivity contribution in [2.75, 3.05) is 7.11 Å². The number of ether oxygens (including phenoxy) is 1. The average molecular weight is 421 g/mol. The van der Waals surface area contributed by atoms with E-state index in [0.29, 0.717) is 16.3 Å². The molecule has 0 aliphatic carbocycles. The van der Waals surface area contributed by atoms with E-state index in [-0.39, 0.29) is 5.56 Å². The van der Waals surface area contributed by atoms with Gasteiger partial charge in [0.1, 0.15) is 16.3 Å². The van der Waals surface area contributed by atoms with Crippen molar-refractivity contribution in [3.05, 3.63) is 76.2 Å². The molecule has 0 aliphatic rings. The number of methoxy groups -OCH3 is 1. The van der Waals surface area contributed by atoms with Gasteiger partial charge in [0.2, 0.25) is 0 Å². The largest absolute Gasteiger partial charge is 0.497 e. The normalized spacial score (nSPS) is 11.3. The highest BCUT2D eigenvalue weighted by Gasteiger charge is 2.14. The van der Waals surface area contributed by atoms with E-state index in [0.717, 1.165) is 33.1 Å². The topological polar surface area (TPSA) is 72.8 Å². The number of aromatic amines is 1. The van der Waals surface area contributed by atoms with E-state index in [1.165, 1.54) is 11.3 Å². The van der Waals surface area contributed by atoms with Crippen molar-refractivity contribution in [1.82, 2.24) is 19.5 Å². The average Bonchev–Trinajstić information content (AvgIpc) is 3.37. The molecule has 5 aromatic rings. The Morgan fingerprint density at radius 2 is 1.90 bits per heavy atom. The fourth-order valence-electron chi connectivity index (χ4n) is 3.20. The molecule has 2 aromatic carbocycles. The number of H-pyrrole nitrogens is 1. The summed E-state index contributed by atoms with van der Waals surface area (Å²) in [4.78, 5) is 24.5. The van der Waals surface area contributed by atoms with Crippen LogP contribution in [-0.4, -0.2) is 26.6 Å². The maximum Gasteiger partial charge on any atom is 0.268 e. The molecule has 144 valence electrons. The van der Waals surface area contributed by atoms with Crippen LogP contribution in [0.2, 0.25) is 0 Å². The van der Waals surface area contributed by atoms with E-state index in [1.807, 2.05) is 60.0 Å². The van der Waals surface area contributed by atoms with Gasteiger partial charge < -0.3 is 9.72 Å². The molecule has 5 rings (SSSR count). The van der Waals surface area contributed by atoms with E-state index in [2.05, 4.69) is 14.5 Å². The molecule has 8 heteroatoms. The van der Waals surface area contributed by atoms with Crippen LogP contribution in [0.3, 0.4) is 0 Å². The van der Waals surface area contributed by atoms with Crippen molar-refractivity contribution in [3.63, 3.8) is 0 Å². The zero-order chi connectivity index (χ0) is 19.8. The summed E-state index contributed by atoms with van der Waals surface area (Å²) >= 11 is 2.94. The second-order valence-corrected chi connectivity index (χ2v) is 8.21. The van der Waals surface area contributed by atoms with E-state index in [9.17, 15) is 4.79 Å². The summed E-state index contributed by atoms with van der Waals surface area (Å²) in [5.74, 6) is 1.96. The maximum atomic E-state index is 12.2. The van der Waals surface area contributed by atoms with Gasteiger partial charge in [-0.1, -0.05) is 23.9 Å². The molecular formula is C21H16N4O2S2. The number of nitrogens with one attached hydrogen (secondary N) is 1. The van der Waals surface area contributed by atoms with Crippen molar-refractivity contribution in [2.45, 2.75) is 10.9 Å². The number of nitrogens with zero attached hydrogens (tertiary/aromatic N) is 3. The number of para-hydroxylation sites is 2. The molecule has 6 nitrogen and oxygen atoms in total. The van der Waals surface area contributed by atoms with E-state index in [4.69, 9.17) is 9.72 Å². The highest BCUT2D eigenvalue weighted by Crippen LogP contribution is 2.30. The minimum Gasteiger partial charge on any atom is -0.497 e. The van der Waals surface area contributed by atoms with Crippen LogP contribution in [0.5, 0.6) is 5.75 Å². The predicted molar refractivity (Wildman–Crippen MR) is 117 cm³/mol. The number of hydrogen-bond acceptors (Lipinski definition) is 6. The third kappa shape index (κ3) is 3.30. The molecule has 0 bridgehead atoms. The number of fused-ring (bicyclic) bond motifs is 2. The van der Waals surface area contributed by atoms with Crippen LogP contribution in [-0.2, 0) is 5.75 Å². The van der Waals surface area contributed by atoms with E-state index < -0.39 is 0 Å².